The SMILES string of the molecule is Nc1ccn(-c2cc(Cl)c(F)c(Cl)c2)n1. The molecule has 1 aromatic heterocycles. The molecular formula is C9H6Cl2FN3. The van der Waals surface area contributed by atoms with Gasteiger partial charge in [-0.25, -0.2) is 9.07 Å². The zero-order chi connectivity index (χ0) is 11.0. The van der Waals surface area contributed by atoms with Crippen LogP contribution in [0.4, 0.5) is 10.2 Å². The Morgan fingerprint density at radius 2 is 1.87 bits per heavy atom. The fourth-order valence-corrected chi connectivity index (χ4v) is 1.63. The van der Waals surface area contributed by atoms with E-state index in [0.29, 0.717) is 11.5 Å². The van der Waals surface area contributed by atoms with Crippen LogP contribution in [0.25, 0.3) is 5.69 Å². The average Bonchev–Trinajstić information content (AvgIpc) is 2.60. The number of hydrogen-bond donors (Lipinski definition) is 1. The highest BCUT2D eigenvalue weighted by atomic mass is 35.5. The van der Waals surface area contributed by atoms with Crippen LogP contribution in [0, 0.1) is 5.82 Å². The van der Waals surface area contributed by atoms with Crippen LogP contribution in [0.1, 0.15) is 0 Å². The summed E-state index contributed by atoms with van der Waals surface area (Å²) in [7, 11) is 0. The molecule has 15 heavy (non-hydrogen) atoms. The minimum atomic E-state index is -0.637. The second-order valence-electron chi connectivity index (χ2n) is 2.91. The van der Waals surface area contributed by atoms with Crippen molar-refractivity contribution >= 4 is 29.0 Å². The summed E-state index contributed by atoms with van der Waals surface area (Å²) in [6, 6.07) is 4.47. The van der Waals surface area contributed by atoms with E-state index in [2.05, 4.69) is 5.10 Å². The van der Waals surface area contributed by atoms with Crippen molar-refractivity contribution in [3.05, 3.63) is 40.3 Å². The van der Waals surface area contributed by atoms with Gasteiger partial charge in [-0.15, -0.1) is 0 Å². The largest absolute Gasteiger partial charge is 0.382 e. The number of nitrogens with zero attached hydrogens (tertiary/aromatic N) is 2. The summed E-state index contributed by atoms with van der Waals surface area (Å²) in [4.78, 5) is 0. The Kier molecular flexibility index (Phi) is 2.54. The number of anilines is 1. The lowest BCUT2D eigenvalue weighted by atomic mass is 10.3. The molecule has 0 unspecified atom stereocenters. The van der Waals surface area contributed by atoms with E-state index in [-0.39, 0.29) is 10.0 Å². The van der Waals surface area contributed by atoms with Crippen LogP contribution in [0.5, 0.6) is 0 Å². The van der Waals surface area contributed by atoms with Gasteiger partial charge in [0.1, 0.15) is 5.82 Å². The number of nitrogens with two attached hydrogens (primary N) is 1. The fraction of sp³-hybridized carbons (Fsp3) is 0. The molecule has 78 valence electrons. The summed E-state index contributed by atoms with van der Waals surface area (Å²) in [5.74, 6) is -0.270. The molecule has 2 rings (SSSR count). The van der Waals surface area contributed by atoms with Gasteiger partial charge in [-0.05, 0) is 12.1 Å². The van der Waals surface area contributed by atoms with Crippen molar-refractivity contribution in [1.29, 1.82) is 0 Å². The third kappa shape index (κ3) is 1.91. The molecule has 0 aliphatic rings. The summed E-state index contributed by atoms with van der Waals surface area (Å²) in [5, 5.41) is 3.85. The molecular weight excluding hydrogens is 240 g/mol. The van der Waals surface area contributed by atoms with E-state index in [1.807, 2.05) is 0 Å². The van der Waals surface area contributed by atoms with Crippen LogP contribution < -0.4 is 5.73 Å². The number of aromatic nitrogens is 2. The molecule has 0 fully saturated rings. The molecule has 0 bridgehead atoms. The van der Waals surface area contributed by atoms with Gasteiger partial charge in [0.05, 0.1) is 15.7 Å². The molecule has 2 N–H and O–H groups in total. The smallest absolute Gasteiger partial charge is 0.160 e. The molecule has 0 aliphatic heterocycles. The maximum Gasteiger partial charge on any atom is 0.160 e. The van der Waals surface area contributed by atoms with Crippen LogP contribution in [-0.2, 0) is 0 Å². The number of halogens is 3. The molecule has 0 saturated heterocycles. The first-order valence-electron chi connectivity index (χ1n) is 4.04. The highest BCUT2D eigenvalue weighted by Gasteiger charge is 2.09. The van der Waals surface area contributed by atoms with E-state index in [1.54, 1.807) is 12.3 Å². The van der Waals surface area contributed by atoms with Crippen LogP contribution in [0.2, 0.25) is 10.0 Å². The molecule has 1 heterocycles. The lowest BCUT2D eigenvalue weighted by Gasteiger charge is -2.04. The van der Waals surface area contributed by atoms with Crippen molar-refractivity contribution in [2.24, 2.45) is 0 Å². The quantitative estimate of drug-likeness (QED) is 0.786. The van der Waals surface area contributed by atoms with E-state index >= 15 is 0 Å². The Morgan fingerprint density at radius 1 is 1.27 bits per heavy atom. The third-order valence-electron chi connectivity index (χ3n) is 1.84. The van der Waals surface area contributed by atoms with Gasteiger partial charge < -0.3 is 5.73 Å². The molecule has 0 aliphatic carbocycles. The summed E-state index contributed by atoms with van der Waals surface area (Å²) in [6.07, 6.45) is 1.63. The number of hydrogen-bond acceptors (Lipinski definition) is 2. The summed E-state index contributed by atoms with van der Waals surface area (Å²) < 4.78 is 14.6. The summed E-state index contributed by atoms with van der Waals surface area (Å²) in [5.41, 5.74) is 6.01. The second-order valence-corrected chi connectivity index (χ2v) is 3.72. The van der Waals surface area contributed by atoms with E-state index in [1.165, 1.54) is 16.8 Å². The molecule has 6 heteroatoms. The molecule has 0 amide bonds. The Balaban J connectivity index is 2.55. The van der Waals surface area contributed by atoms with Crippen LogP contribution >= 0.6 is 23.2 Å². The van der Waals surface area contributed by atoms with E-state index in [4.69, 9.17) is 28.9 Å². The predicted octanol–water partition coefficient (Wildman–Crippen LogP) is 2.90. The zero-order valence-corrected chi connectivity index (χ0v) is 8.93. The molecule has 1 aromatic carbocycles. The third-order valence-corrected chi connectivity index (χ3v) is 2.39. The topological polar surface area (TPSA) is 43.8 Å². The van der Waals surface area contributed by atoms with Crippen molar-refractivity contribution in [3.63, 3.8) is 0 Å². The molecule has 2 aromatic rings. The number of benzene rings is 1. The van der Waals surface area contributed by atoms with Gasteiger partial charge >= 0.3 is 0 Å². The van der Waals surface area contributed by atoms with Gasteiger partial charge in [0, 0.05) is 12.3 Å². The first-order chi connectivity index (χ1) is 7.08. The zero-order valence-electron chi connectivity index (χ0n) is 7.42. The van der Waals surface area contributed by atoms with E-state index in [9.17, 15) is 4.39 Å². The molecule has 3 nitrogen and oxygen atoms in total. The van der Waals surface area contributed by atoms with Crippen molar-refractivity contribution in [2.45, 2.75) is 0 Å². The first-order valence-corrected chi connectivity index (χ1v) is 4.79. The molecule has 0 radical (unpaired) electrons. The maximum atomic E-state index is 13.1. The van der Waals surface area contributed by atoms with Crippen molar-refractivity contribution < 1.29 is 4.39 Å². The summed E-state index contributed by atoms with van der Waals surface area (Å²) in [6.45, 7) is 0. The van der Waals surface area contributed by atoms with Crippen molar-refractivity contribution in [2.75, 3.05) is 5.73 Å². The Morgan fingerprint density at radius 3 is 2.33 bits per heavy atom. The van der Waals surface area contributed by atoms with Gasteiger partial charge in [-0.2, -0.15) is 5.10 Å². The monoisotopic (exact) mass is 245 g/mol. The maximum absolute atomic E-state index is 13.1. The number of rotatable bonds is 1. The van der Waals surface area contributed by atoms with Gasteiger partial charge in [0.15, 0.2) is 5.82 Å². The first kappa shape index (κ1) is 10.3. The van der Waals surface area contributed by atoms with Crippen LogP contribution in [0.3, 0.4) is 0 Å². The van der Waals surface area contributed by atoms with E-state index < -0.39 is 5.82 Å². The Bertz CT molecular complexity index is 487. The van der Waals surface area contributed by atoms with Gasteiger partial charge in [-0.1, -0.05) is 23.2 Å². The molecule has 0 atom stereocenters. The average molecular weight is 246 g/mol. The van der Waals surface area contributed by atoms with Crippen LogP contribution in [-0.4, -0.2) is 9.78 Å². The second kappa shape index (κ2) is 3.72. The van der Waals surface area contributed by atoms with Gasteiger partial charge in [-0.3, -0.25) is 0 Å². The van der Waals surface area contributed by atoms with Crippen LogP contribution in [0.15, 0.2) is 24.4 Å². The van der Waals surface area contributed by atoms with Crippen molar-refractivity contribution in [1.82, 2.24) is 9.78 Å². The minimum Gasteiger partial charge on any atom is -0.382 e. The Hall–Kier alpha value is -1.26. The van der Waals surface area contributed by atoms with Gasteiger partial charge in [0.2, 0.25) is 0 Å². The summed E-state index contributed by atoms with van der Waals surface area (Å²) >= 11 is 11.3. The van der Waals surface area contributed by atoms with Gasteiger partial charge in [0.25, 0.3) is 0 Å². The Labute approximate surface area is 95.2 Å². The normalized spacial score (nSPS) is 10.6. The van der Waals surface area contributed by atoms with Crippen molar-refractivity contribution in [3.8, 4) is 5.69 Å². The number of nitrogen functional groups attached to an aromatic ring is 1. The standard InChI is InChI=1S/C9H6Cl2FN3/c10-6-3-5(4-7(11)9(6)12)15-2-1-8(13)14-15/h1-4H,(H2,13,14). The van der Waals surface area contributed by atoms with E-state index in [0.717, 1.165) is 0 Å². The minimum absolute atomic E-state index is 0.0495. The lowest BCUT2D eigenvalue weighted by Crippen LogP contribution is -1.97. The molecule has 0 saturated carbocycles. The highest BCUT2D eigenvalue weighted by molar-refractivity contribution is 6.35. The predicted molar refractivity (Wildman–Crippen MR) is 58.0 cm³/mol. The molecule has 0 spiro atoms. The highest BCUT2D eigenvalue weighted by Crippen LogP contribution is 2.26. The fourth-order valence-electron chi connectivity index (χ4n) is 1.16. The lowest BCUT2D eigenvalue weighted by molar-refractivity contribution is 0.628.